The van der Waals surface area contributed by atoms with Gasteiger partial charge >= 0.3 is 0 Å². The van der Waals surface area contributed by atoms with Crippen LogP contribution in [0, 0.1) is 0 Å². The van der Waals surface area contributed by atoms with Gasteiger partial charge in [0.25, 0.3) is 0 Å². The van der Waals surface area contributed by atoms with Crippen molar-refractivity contribution in [2.24, 2.45) is 4.99 Å². The second-order valence-corrected chi connectivity index (χ2v) is 6.19. The van der Waals surface area contributed by atoms with Gasteiger partial charge in [-0.25, -0.2) is 4.99 Å². The Hall–Kier alpha value is -0.860. The Bertz CT molecular complexity index is 488. The molecule has 1 aliphatic heterocycles. The lowest BCUT2D eigenvalue weighted by atomic mass is 9.96. The number of nitrogens with zero attached hydrogens (tertiary/aromatic N) is 1. The molecule has 136 valence electrons. The van der Waals surface area contributed by atoms with Gasteiger partial charge in [0.2, 0.25) is 0 Å². The van der Waals surface area contributed by atoms with Crippen molar-refractivity contribution in [1.82, 2.24) is 10.6 Å². The van der Waals surface area contributed by atoms with Crippen molar-refractivity contribution < 1.29 is 9.84 Å². The highest BCUT2D eigenvalue weighted by Gasteiger charge is 2.22. The van der Waals surface area contributed by atoms with Crippen LogP contribution in [0.1, 0.15) is 38.7 Å². The van der Waals surface area contributed by atoms with E-state index in [0.29, 0.717) is 12.6 Å². The quantitative estimate of drug-likeness (QED) is 0.342. The van der Waals surface area contributed by atoms with Crippen molar-refractivity contribution in [2.45, 2.75) is 44.8 Å². The van der Waals surface area contributed by atoms with Gasteiger partial charge in [-0.1, -0.05) is 30.3 Å². The minimum absolute atomic E-state index is 0. The van der Waals surface area contributed by atoms with Crippen molar-refractivity contribution in [3.63, 3.8) is 0 Å². The number of rotatable bonds is 7. The zero-order valence-electron chi connectivity index (χ0n) is 14.6. The lowest BCUT2D eigenvalue weighted by Gasteiger charge is -2.22. The highest BCUT2D eigenvalue weighted by molar-refractivity contribution is 14.0. The van der Waals surface area contributed by atoms with Crippen LogP contribution in [0.3, 0.4) is 0 Å². The number of guanidine groups is 1. The van der Waals surface area contributed by atoms with E-state index < -0.39 is 5.60 Å². The molecule has 1 saturated heterocycles. The first kappa shape index (κ1) is 21.2. The normalized spacial score (nSPS) is 20.1. The number of aliphatic imine (C=N–C) groups is 1. The first-order chi connectivity index (χ1) is 11.1. The zero-order chi connectivity index (χ0) is 16.5. The van der Waals surface area contributed by atoms with Crippen LogP contribution in [0.15, 0.2) is 35.3 Å². The van der Waals surface area contributed by atoms with Crippen LogP contribution >= 0.6 is 24.0 Å². The standard InChI is InChI=1S/C18H29N3O2.HI/c1-3-19-17(20-12-11-16-10-7-13-23-16)21-14-18(2,22)15-8-5-4-6-9-15;/h4-6,8-9,16,22H,3,7,10-14H2,1-2H3,(H2,19,20,21);1H. The van der Waals surface area contributed by atoms with E-state index in [1.165, 1.54) is 6.42 Å². The third-order valence-electron chi connectivity index (χ3n) is 4.07. The summed E-state index contributed by atoms with van der Waals surface area (Å²) in [6, 6.07) is 9.65. The van der Waals surface area contributed by atoms with Crippen molar-refractivity contribution in [1.29, 1.82) is 0 Å². The Morgan fingerprint density at radius 1 is 1.33 bits per heavy atom. The molecule has 1 aliphatic rings. The van der Waals surface area contributed by atoms with E-state index in [2.05, 4.69) is 15.6 Å². The molecule has 1 heterocycles. The number of ether oxygens (including phenoxy) is 1. The van der Waals surface area contributed by atoms with Gasteiger partial charge in [0, 0.05) is 19.7 Å². The molecule has 24 heavy (non-hydrogen) atoms. The van der Waals surface area contributed by atoms with Gasteiger partial charge in [0.05, 0.1) is 12.6 Å². The molecule has 0 saturated carbocycles. The maximum atomic E-state index is 10.6. The SMILES string of the molecule is CCNC(=NCC(C)(O)c1ccccc1)NCCC1CCCO1.I. The monoisotopic (exact) mass is 447 g/mol. The summed E-state index contributed by atoms with van der Waals surface area (Å²) in [7, 11) is 0. The first-order valence-electron chi connectivity index (χ1n) is 8.53. The molecule has 2 rings (SSSR count). The molecule has 0 amide bonds. The molecule has 3 N–H and O–H groups in total. The second kappa shape index (κ2) is 10.9. The average Bonchev–Trinajstić information content (AvgIpc) is 3.07. The maximum absolute atomic E-state index is 10.6. The van der Waals surface area contributed by atoms with E-state index in [9.17, 15) is 5.11 Å². The fourth-order valence-electron chi connectivity index (χ4n) is 2.69. The van der Waals surface area contributed by atoms with Gasteiger partial charge in [-0.05, 0) is 38.7 Å². The Labute approximate surface area is 162 Å². The highest BCUT2D eigenvalue weighted by atomic mass is 127. The Kier molecular flexibility index (Phi) is 9.61. The molecule has 6 heteroatoms. The fourth-order valence-corrected chi connectivity index (χ4v) is 2.69. The lowest BCUT2D eigenvalue weighted by molar-refractivity contribution is 0.0672. The van der Waals surface area contributed by atoms with Crippen molar-refractivity contribution in [3.05, 3.63) is 35.9 Å². The van der Waals surface area contributed by atoms with E-state index >= 15 is 0 Å². The van der Waals surface area contributed by atoms with Gasteiger partial charge < -0.3 is 20.5 Å². The minimum Gasteiger partial charge on any atom is -0.384 e. The smallest absolute Gasteiger partial charge is 0.191 e. The number of hydrogen-bond acceptors (Lipinski definition) is 3. The van der Waals surface area contributed by atoms with E-state index in [0.717, 1.165) is 44.1 Å². The number of nitrogens with one attached hydrogen (secondary N) is 2. The van der Waals surface area contributed by atoms with Crippen LogP contribution in [0.4, 0.5) is 0 Å². The van der Waals surface area contributed by atoms with E-state index in [1.54, 1.807) is 6.92 Å². The average molecular weight is 447 g/mol. The summed E-state index contributed by atoms with van der Waals surface area (Å²) in [5.41, 5.74) is -0.100. The highest BCUT2D eigenvalue weighted by Crippen LogP contribution is 2.20. The molecule has 0 bridgehead atoms. The fraction of sp³-hybridized carbons (Fsp3) is 0.611. The molecule has 0 spiro atoms. The largest absolute Gasteiger partial charge is 0.384 e. The molecule has 1 aromatic rings. The van der Waals surface area contributed by atoms with Crippen LogP contribution in [-0.2, 0) is 10.3 Å². The van der Waals surface area contributed by atoms with Crippen LogP contribution in [0.25, 0.3) is 0 Å². The molecule has 1 aromatic carbocycles. The van der Waals surface area contributed by atoms with Crippen LogP contribution in [0.5, 0.6) is 0 Å². The summed E-state index contributed by atoms with van der Waals surface area (Å²) in [5, 5.41) is 17.2. The maximum Gasteiger partial charge on any atom is 0.191 e. The van der Waals surface area contributed by atoms with Gasteiger partial charge in [-0.3, -0.25) is 0 Å². The summed E-state index contributed by atoms with van der Waals surface area (Å²) in [4.78, 5) is 4.53. The van der Waals surface area contributed by atoms with Gasteiger partial charge in [-0.15, -0.1) is 24.0 Å². The third kappa shape index (κ3) is 6.94. The summed E-state index contributed by atoms with van der Waals surface area (Å²) >= 11 is 0. The summed E-state index contributed by atoms with van der Waals surface area (Å²) in [6.07, 6.45) is 3.67. The number of halogens is 1. The van der Waals surface area contributed by atoms with Crippen molar-refractivity contribution in [2.75, 3.05) is 26.2 Å². The Morgan fingerprint density at radius 2 is 2.08 bits per heavy atom. The minimum atomic E-state index is -0.974. The molecule has 5 nitrogen and oxygen atoms in total. The molecule has 0 radical (unpaired) electrons. The van der Waals surface area contributed by atoms with Gasteiger partial charge in [0.1, 0.15) is 5.60 Å². The van der Waals surface area contributed by atoms with Crippen molar-refractivity contribution >= 4 is 29.9 Å². The first-order valence-corrected chi connectivity index (χ1v) is 8.53. The van der Waals surface area contributed by atoms with E-state index in [-0.39, 0.29) is 24.0 Å². The lowest BCUT2D eigenvalue weighted by Crippen LogP contribution is -2.40. The zero-order valence-corrected chi connectivity index (χ0v) is 17.0. The molecule has 2 atom stereocenters. The summed E-state index contributed by atoms with van der Waals surface area (Å²) in [6.45, 7) is 6.64. The van der Waals surface area contributed by atoms with E-state index in [4.69, 9.17) is 4.74 Å². The predicted octanol–water partition coefficient (Wildman–Crippen LogP) is 2.64. The third-order valence-corrected chi connectivity index (χ3v) is 4.07. The molecule has 0 aromatic heterocycles. The van der Waals surface area contributed by atoms with E-state index in [1.807, 2.05) is 37.3 Å². The van der Waals surface area contributed by atoms with Crippen LogP contribution < -0.4 is 10.6 Å². The predicted molar refractivity (Wildman–Crippen MR) is 109 cm³/mol. The van der Waals surface area contributed by atoms with Crippen LogP contribution in [-0.4, -0.2) is 43.4 Å². The van der Waals surface area contributed by atoms with Crippen LogP contribution in [0.2, 0.25) is 0 Å². The number of benzene rings is 1. The molecular formula is C18H30IN3O2. The van der Waals surface area contributed by atoms with Gasteiger partial charge in [0.15, 0.2) is 5.96 Å². The molecule has 1 fully saturated rings. The van der Waals surface area contributed by atoms with Gasteiger partial charge in [-0.2, -0.15) is 0 Å². The molecule has 0 aliphatic carbocycles. The number of hydrogen-bond donors (Lipinski definition) is 3. The summed E-state index contributed by atoms with van der Waals surface area (Å²) in [5.74, 6) is 0.738. The Balaban J connectivity index is 0.00000288. The topological polar surface area (TPSA) is 65.9 Å². The molecular weight excluding hydrogens is 417 g/mol. The number of aliphatic hydroxyl groups is 1. The second-order valence-electron chi connectivity index (χ2n) is 6.19. The molecule has 2 unspecified atom stereocenters. The Morgan fingerprint density at radius 3 is 2.71 bits per heavy atom. The van der Waals surface area contributed by atoms with Crippen molar-refractivity contribution in [3.8, 4) is 0 Å². The summed E-state index contributed by atoms with van der Waals surface area (Å²) < 4.78 is 5.63.